The van der Waals surface area contributed by atoms with Gasteiger partial charge in [0.2, 0.25) is 0 Å². The van der Waals surface area contributed by atoms with Crippen molar-refractivity contribution in [2.45, 2.75) is 38.3 Å². The lowest BCUT2D eigenvalue weighted by molar-refractivity contribution is 0.0709. The van der Waals surface area contributed by atoms with E-state index in [9.17, 15) is 4.79 Å². The summed E-state index contributed by atoms with van der Waals surface area (Å²) in [7, 11) is 0. The molecule has 0 bridgehead atoms. The van der Waals surface area contributed by atoms with Crippen molar-refractivity contribution in [2.75, 3.05) is 26.2 Å². The van der Waals surface area contributed by atoms with Gasteiger partial charge >= 0.3 is 0 Å². The van der Waals surface area contributed by atoms with E-state index < -0.39 is 0 Å². The first kappa shape index (κ1) is 23.9. The summed E-state index contributed by atoms with van der Waals surface area (Å²) in [6, 6.07) is 22.4. The molecule has 0 N–H and O–H groups in total. The first-order chi connectivity index (χ1) is 19.2. The Hall–Kier alpha value is -4.17. The first-order valence-corrected chi connectivity index (χ1v) is 13.9. The molecule has 5 aromatic rings. The van der Waals surface area contributed by atoms with Gasteiger partial charge in [0.15, 0.2) is 5.65 Å². The Labute approximate surface area is 227 Å². The number of rotatable bonds is 6. The van der Waals surface area contributed by atoms with Crippen LogP contribution in [0.5, 0.6) is 0 Å². The number of pyridine rings is 2. The highest BCUT2D eigenvalue weighted by Gasteiger charge is 2.31. The molecule has 5 heterocycles. The van der Waals surface area contributed by atoms with Gasteiger partial charge in [0.05, 0.1) is 17.8 Å². The number of amides is 1. The molecule has 2 aromatic carbocycles. The summed E-state index contributed by atoms with van der Waals surface area (Å²) in [5.74, 6) is 0.138. The van der Waals surface area contributed by atoms with Crippen LogP contribution in [0, 0.1) is 0 Å². The normalized spacial score (nSPS) is 17.9. The van der Waals surface area contributed by atoms with E-state index in [1.165, 1.54) is 25.9 Å². The summed E-state index contributed by atoms with van der Waals surface area (Å²) < 4.78 is 1.84. The number of carbonyl (C=O) groups is 1. The van der Waals surface area contributed by atoms with Crippen LogP contribution in [-0.4, -0.2) is 72.9 Å². The molecule has 39 heavy (non-hydrogen) atoms. The Kier molecular flexibility index (Phi) is 6.25. The minimum Gasteiger partial charge on any atom is -0.334 e. The van der Waals surface area contributed by atoms with E-state index in [1.807, 2.05) is 53.2 Å². The number of benzene rings is 2. The molecule has 1 amide bonds. The lowest BCUT2D eigenvalue weighted by Crippen LogP contribution is -2.42. The van der Waals surface area contributed by atoms with Crippen LogP contribution in [0.4, 0.5) is 0 Å². The van der Waals surface area contributed by atoms with E-state index >= 15 is 0 Å². The van der Waals surface area contributed by atoms with Gasteiger partial charge in [-0.2, -0.15) is 0 Å². The highest BCUT2D eigenvalue weighted by molar-refractivity contribution is 5.95. The van der Waals surface area contributed by atoms with Crippen molar-refractivity contribution in [3.63, 3.8) is 0 Å². The predicted octanol–water partition coefficient (Wildman–Crippen LogP) is 4.79. The van der Waals surface area contributed by atoms with Gasteiger partial charge in [-0.05, 0) is 86.8 Å². The zero-order valence-electron chi connectivity index (χ0n) is 21.9. The summed E-state index contributed by atoms with van der Waals surface area (Å²) in [4.78, 5) is 27.3. The Balaban J connectivity index is 1.10. The number of aromatic nitrogens is 5. The molecule has 0 aliphatic carbocycles. The molecule has 2 aliphatic heterocycles. The monoisotopic (exact) mass is 517 g/mol. The van der Waals surface area contributed by atoms with E-state index in [0.29, 0.717) is 12.6 Å². The molecule has 196 valence electrons. The Morgan fingerprint density at radius 1 is 0.897 bits per heavy atom. The number of hydrogen-bond acceptors (Lipinski definition) is 6. The maximum Gasteiger partial charge on any atom is 0.254 e. The van der Waals surface area contributed by atoms with E-state index in [4.69, 9.17) is 4.98 Å². The molecule has 1 atom stereocenters. The van der Waals surface area contributed by atoms with Crippen molar-refractivity contribution in [1.82, 2.24) is 34.8 Å². The summed E-state index contributed by atoms with van der Waals surface area (Å²) in [6.45, 7) is 4.75. The van der Waals surface area contributed by atoms with Crippen LogP contribution in [0.25, 0.3) is 33.3 Å². The fourth-order valence-electron chi connectivity index (χ4n) is 6.02. The fraction of sp³-hybridized carbons (Fsp3) is 0.323. The van der Waals surface area contributed by atoms with E-state index in [1.54, 1.807) is 6.20 Å². The lowest BCUT2D eigenvalue weighted by atomic mass is 10.1. The van der Waals surface area contributed by atoms with Crippen LogP contribution in [0.3, 0.4) is 0 Å². The Morgan fingerprint density at radius 3 is 2.62 bits per heavy atom. The van der Waals surface area contributed by atoms with Crippen LogP contribution in [0.2, 0.25) is 0 Å². The third kappa shape index (κ3) is 4.76. The summed E-state index contributed by atoms with van der Waals surface area (Å²) in [5, 5.41) is 9.78. The molecule has 0 radical (unpaired) electrons. The molecule has 0 spiro atoms. The third-order valence-electron chi connectivity index (χ3n) is 8.09. The molecule has 3 aromatic heterocycles. The van der Waals surface area contributed by atoms with E-state index in [2.05, 4.69) is 43.3 Å². The van der Waals surface area contributed by atoms with Crippen molar-refractivity contribution < 1.29 is 4.79 Å². The van der Waals surface area contributed by atoms with Gasteiger partial charge in [0.25, 0.3) is 5.91 Å². The maximum absolute atomic E-state index is 13.4. The Morgan fingerprint density at radius 2 is 1.74 bits per heavy atom. The standard InChI is InChI=1S/C31H31N7O/c39-31(37-18-4-6-26(37)21-36-16-1-2-17-36)24-10-8-23(9-11-24)28-13-14-29-30(33-28)38(35-34-29)20-22-7-12-27-25(19-22)5-3-15-32-27/h3,5,7-15,19,26H,1-2,4,6,16-18,20-21H2. The molecule has 2 saturated heterocycles. The molecule has 1 unspecified atom stereocenters. The van der Waals surface area contributed by atoms with Crippen molar-refractivity contribution in [3.05, 3.63) is 84.1 Å². The van der Waals surface area contributed by atoms with Gasteiger partial charge in [0, 0.05) is 41.8 Å². The number of nitrogens with zero attached hydrogens (tertiary/aromatic N) is 7. The van der Waals surface area contributed by atoms with Crippen LogP contribution in [0.1, 0.15) is 41.6 Å². The van der Waals surface area contributed by atoms with Crippen LogP contribution >= 0.6 is 0 Å². The average molecular weight is 518 g/mol. The topological polar surface area (TPSA) is 80.0 Å². The predicted molar refractivity (Wildman–Crippen MR) is 151 cm³/mol. The molecular weight excluding hydrogens is 486 g/mol. The zero-order chi connectivity index (χ0) is 26.2. The second kappa shape index (κ2) is 10.2. The fourth-order valence-corrected chi connectivity index (χ4v) is 6.02. The molecule has 2 fully saturated rings. The summed E-state index contributed by atoms with van der Waals surface area (Å²) >= 11 is 0. The third-order valence-corrected chi connectivity index (χ3v) is 8.09. The van der Waals surface area contributed by atoms with Crippen LogP contribution in [0.15, 0.2) is 72.9 Å². The van der Waals surface area contributed by atoms with Gasteiger partial charge in [-0.3, -0.25) is 9.78 Å². The largest absolute Gasteiger partial charge is 0.334 e. The van der Waals surface area contributed by atoms with E-state index in [0.717, 1.165) is 70.4 Å². The molecule has 8 nitrogen and oxygen atoms in total. The highest BCUT2D eigenvalue weighted by atomic mass is 16.2. The first-order valence-electron chi connectivity index (χ1n) is 13.9. The second-order valence-electron chi connectivity index (χ2n) is 10.7. The van der Waals surface area contributed by atoms with E-state index in [-0.39, 0.29) is 5.91 Å². The van der Waals surface area contributed by atoms with Crippen molar-refractivity contribution in [2.24, 2.45) is 0 Å². The van der Waals surface area contributed by atoms with Gasteiger partial charge in [-0.15, -0.1) is 5.10 Å². The second-order valence-corrected chi connectivity index (χ2v) is 10.7. The number of fused-ring (bicyclic) bond motifs is 2. The van der Waals surface area contributed by atoms with Gasteiger partial charge in [0.1, 0.15) is 5.52 Å². The highest BCUT2D eigenvalue weighted by Crippen LogP contribution is 2.25. The smallest absolute Gasteiger partial charge is 0.254 e. The SMILES string of the molecule is O=C(c1ccc(-c2ccc3nnn(Cc4ccc5ncccc5c4)c3n2)cc1)N1CCCC1CN1CCCC1. The lowest BCUT2D eigenvalue weighted by Gasteiger charge is -2.28. The Bertz CT molecular complexity index is 1640. The van der Waals surface area contributed by atoms with Crippen molar-refractivity contribution in [1.29, 1.82) is 0 Å². The number of hydrogen-bond donors (Lipinski definition) is 0. The molecule has 7 rings (SSSR count). The zero-order valence-corrected chi connectivity index (χ0v) is 21.9. The van der Waals surface area contributed by atoms with Gasteiger partial charge < -0.3 is 9.80 Å². The quantitative estimate of drug-likeness (QED) is 0.322. The summed E-state index contributed by atoms with van der Waals surface area (Å²) in [5.41, 5.74) is 6.12. The van der Waals surface area contributed by atoms with Gasteiger partial charge in [-0.1, -0.05) is 29.5 Å². The molecule has 0 saturated carbocycles. The minimum absolute atomic E-state index is 0.138. The van der Waals surface area contributed by atoms with Crippen LogP contribution in [-0.2, 0) is 6.54 Å². The summed E-state index contributed by atoms with van der Waals surface area (Å²) in [6.07, 6.45) is 6.55. The maximum atomic E-state index is 13.4. The molecular formula is C31H31N7O. The van der Waals surface area contributed by atoms with Crippen LogP contribution < -0.4 is 0 Å². The van der Waals surface area contributed by atoms with Crippen molar-refractivity contribution >= 4 is 28.0 Å². The molecule has 8 heteroatoms. The number of likely N-dealkylation sites (tertiary alicyclic amines) is 2. The average Bonchev–Trinajstić information content (AvgIpc) is 3.75. The van der Waals surface area contributed by atoms with Crippen molar-refractivity contribution in [3.8, 4) is 11.3 Å². The minimum atomic E-state index is 0.138. The van der Waals surface area contributed by atoms with Gasteiger partial charge in [-0.25, -0.2) is 9.67 Å². The number of carbonyl (C=O) groups excluding carboxylic acids is 1. The molecule has 2 aliphatic rings.